The molecule has 1 aliphatic heterocycles. The number of hydrogen-bond donors (Lipinski definition) is 0. The summed E-state index contributed by atoms with van der Waals surface area (Å²) in [5, 5.41) is 0. The van der Waals surface area contributed by atoms with E-state index in [2.05, 4.69) is 11.8 Å². The molecule has 0 bridgehead atoms. The van der Waals surface area contributed by atoms with Gasteiger partial charge in [-0.3, -0.25) is 4.79 Å². The zero-order valence-electron chi connectivity index (χ0n) is 12.5. The first-order valence-electron chi connectivity index (χ1n) is 7.49. The number of ether oxygens (including phenoxy) is 1. The highest BCUT2D eigenvalue weighted by molar-refractivity contribution is 5.94. The molecule has 4 heteroatoms. The van der Waals surface area contributed by atoms with Crippen LogP contribution in [0.4, 0.5) is 0 Å². The van der Waals surface area contributed by atoms with Gasteiger partial charge in [-0.05, 0) is 44.6 Å². The summed E-state index contributed by atoms with van der Waals surface area (Å²) in [6.07, 6.45) is 1.05. The van der Waals surface area contributed by atoms with E-state index in [1.807, 2.05) is 36.1 Å². The van der Waals surface area contributed by atoms with Crippen molar-refractivity contribution in [3.05, 3.63) is 29.8 Å². The molecule has 1 aromatic carbocycles. The SMILES string of the molecule is CCOc1cccc(C(=O)N2CCCN(CC)CC2)c1. The van der Waals surface area contributed by atoms with Gasteiger partial charge in [0.15, 0.2) is 0 Å². The zero-order chi connectivity index (χ0) is 14.4. The van der Waals surface area contributed by atoms with Gasteiger partial charge in [-0.1, -0.05) is 13.0 Å². The van der Waals surface area contributed by atoms with Crippen molar-refractivity contribution in [3.8, 4) is 5.75 Å². The fourth-order valence-electron chi connectivity index (χ4n) is 2.56. The molecule has 20 heavy (non-hydrogen) atoms. The Hall–Kier alpha value is -1.55. The Labute approximate surface area is 121 Å². The molecule has 0 radical (unpaired) electrons. The van der Waals surface area contributed by atoms with Crippen LogP contribution in [0.15, 0.2) is 24.3 Å². The summed E-state index contributed by atoms with van der Waals surface area (Å²) in [5.74, 6) is 0.882. The topological polar surface area (TPSA) is 32.8 Å². The van der Waals surface area contributed by atoms with E-state index in [1.54, 1.807) is 0 Å². The van der Waals surface area contributed by atoms with E-state index in [1.165, 1.54) is 0 Å². The first kappa shape index (κ1) is 14.9. The van der Waals surface area contributed by atoms with Crippen LogP contribution in [0.1, 0.15) is 30.6 Å². The van der Waals surface area contributed by atoms with Crippen molar-refractivity contribution in [1.29, 1.82) is 0 Å². The van der Waals surface area contributed by atoms with E-state index in [0.717, 1.165) is 50.5 Å². The largest absolute Gasteiger partial charge is 0.494 e. The number of amides is 1. The van der Waals surface area contributed by atoms with Crippen LogP contribution < -0.4 is 4.74 Å². The summed E-state index contributed by atoms with van der Waals surface area (Å²) in [7, 11) is 0. The molecule has 1 aliphatic rings. The minimum Gasteiger partial charge on any atom is -0.494 e. The molecule has 1 aromatic rings. The minimum atomic E-state index is 0.115. The normalized spacial score (nSPS) is 16.8. The number of hydrogen-bond acceptors (Lipinski definition) is 3. The third-order valence-electron chi connectivity index (χ3n) is 3.71. The van der Waals surface area contributed by atoms with Gasteiger partial charge >= 0.3 is 0 Å². The number of carbonyl (C=O) groups excluding carboxylic acids is 1. The number of benzene rings is 1. The van der Waals surface area contributed by atoms with Crippen LogP contribution >= 0.6 is 0 Å². The van der Waals surface area contributed by atoms with Gasteiger partial charge in [0.1, 0.15) is 5.75 Å². The van der Waals surface area contributed by atoms with Gasteiger partial charge in [0, 0.05) is 25.2 Å². The molecule has 1 amide bonds. The van der Waals surface area contributed by atoms with Gasteiger partial charge < -0.3 is 14.5 Å². The van der Waals surface area contributed by atoms with E-state index < -0.39 is 0 Å². The fourth-order valence-corrected chi connectivity index (χ4v) is 2.56. The number of nitrogens with zero attached hydrogens (tertiary/aromatic N) is 2. The highest BCUT2D eigenvalue weighted by Gasteiger charge is 2.19. The molecule has 1 fully saturated rings. The second kappa shape index (κ2) is 7.29. The lowest BCUT2D eigenvalue weighted by atomic mass is 10.2. The monoisotopic (exact) mass is 276 g/mol. The maximum absolute atomic E-state index is 12.6. The van der Waals surface area contributed by atoms with Gasteiger partial charge in [0.25, 0.3) is 5.91 Å². The van der Waals surface area contributed by atoms with Gasteiger partial charge in [0.2, 0.25) is 0 Å². The molecule has 0 unspecified atom stereocenters. The van der Waals surface area contributed by atoms with E-state index >= 15 is 0 Å². The quantitative estimate of drug-likeness (QED) is 0.845. The minimum absolute atomic E-state index is 0.115. The Morgan fingerprint density at radius 3 is 2.80 bits per heavy atom. The first-order valence-corrected chi connectivity index (χ1v) is 7.49. The van der Waals surface area contributed by atoms with Crippen LogP contribution in [0.5, 0.6) is 5.75 Å². The predicted octanol–water partition coefficient (Wildman–Crippen LogP) is 2.25. The highest BCUT2D eigenvalue weighted by Crippen LogP contribution is 2.16. The summed E-state index contributed by atoms with van der Waals surface area (Å²) < 4.78 is 5.46. The maximum atomic E-state index is 12.6. The molecule has 2 rings (SSSR count). The standard InChI is InChI=1S/C16H24N2O2/c1-3-17-9-6-10-18(12-11-17)16(19)14-7-5-8-15(13-14)20-4-2/h5,7-8,13H,3-4,6,9-12H2,1-2H3. The summed E-state index contributed by atoms with van der Waals surface area (Å²) in [4.78, 5) is 16.9. The van der Waals surface area contributed by atoms with Gasteiger partial charge in [0.05, 0.1) is 6.61 Å². The lowest BCUT2D eigenvalue weighted by Gasteiger charge is -2.21. The Bertz CT molecular complexity index is 448. The van der Waals surface area contributed by atoms with Crippen LogP contribution in [0, 0.1) is 0 Å². The molecular formula is C16H24N2O2. The van der Waals surface area contributed by atoms with Crippen molar-refractivity contribution in [1.82, 2.24) is 9.80 Å². The van der Waals surface area contributed by atoms with Crippen molar-refractivity contribution in [2.24, 2.45) is 0 Å². The van der Waals surface area contributed by atoms with Crippen molar-refractivity contribution >= 4 is 5.91 Å². The van der Waals surface area contributed by atoms with Crippen LogP contribution in [-0.2, 0) is 0 Å². The van der Waals surface area contributed by atoms with Crippen LogP contribution in [0.3, 0.4) is 0 Å². The maximum Gasteiger partial charge on any atom is 0.254 e. The van der Waals surface area contributed by atoms with Crippen molar-refractivity contribution in [3.63, 3.8) is 0 Å². The van der Waals surface area contributed by atoms with E-state index in [4.69, 9.17) is 4.74 Å². The van der Waals surface area contributed by atoms with E-state index in [0.29, 0.717) is 6.61 Å². The van der Waals surface area contributed by atoms with E-state index in [9.17, 15) is 4.79 Å². The predicted molar refractivity (Wildman–Crippen MR) is 80.2 cm³/mol. The summed E-state index contributed by atoms with van der Waals surface area (Å²) >= 11 is 0. The first-order chi connectivity index (χ1) is 9.74. The molecule has 0 aromatic heterocycles. The highest BCUT2D eigenvalue weighted by atomic mass is 16.5. The molecule has 0 aliphatic carbocycles. The molecule has 0 N–H and O–H groups in total. The molecule has 110 valence electrons. The summed E-state index contributed by atoms with van der Waals surface area (Å²) in [6, 6.07) is 7.48. The zero-order valence-corrected chi connectivity index (χ0v) is 12.5. The molecule has 4 nitrogen and oxygen atoms in total. The van der Waals surface area contributed by atoms with Crippen LogP contribution in [0.25, 0.3) is 0 Å². The average molecular weight is 276 g/mol. The average Bonchev–Trinajstić information content (AvgIpc) is 2.72. The fraction of sp³-hybridized carbons (Fsp3) is 0.562. The van der Waals surface area contributed by atoms with Crippen LogP contribution in [0.2, 0.25) is 0 Å². The Morgan fingerprint density at radius 1 is 1.20 bits per heavy atom. The molecule has 0 saturated carbocycles. The third kappa shape index (κ3) is 3.73. The number of rotatable bonds is 4. The van der Waals surface area contributed by atoms with Gasteiger partial charge in [-0.15, -0.1) is 0 Å². The summed E-state index contributed by atoms with van der Waals surface area (Å²) in [6.45, 7) is 9.49. The van der Waals surface area contributed by atoms with E-state index in [-0.39, 0.29) is 5.91 Å². The molecule has 0 atom stereocenters. The van der Waals surface area contributed by atoms with Crippen molar-refractivity contribution < 1.29 is 9.53 Å². The lowest BCUT2D eigenvalue weighted by Crippen LogP contribution is -2.35. The molecular weight excluding hydrogens is 252 g/mol. The van der Waals surface area contributed by atoms with Crippen molar-refractivity contribution in [2.75, 3.05) is 39.3 Å². The molecule has 1 heterocycles. The van der Waals surface area contributed by atoms with Gasteiger partial charge in [-0.25, -0.2) is 0 Å². The number of carbonyl (C=O) groups is 1. The summed E-state index contributed by atoms with van der Waals surface area (Å²) in [5.41, 5.74) is 0.723. The smallest absolute Gasteiger partial charge is 0.254 e. The Kier molecular flexibility index (Phi) is 5.41. The number of likely N-dealkylation sites (N-methyl/N-ethyl adjacent to an activating group) is 1. The van der Waals surface area contributed by atoms with Crippen molar-refractivity contribution in [2.45, 2.75) is 20.3 Å². The second-order valence-corrected chi connectivity index (χ2v) is 5.04. The molecule has 1 saturated heterocycles. The molecule has 0 spiro atoms. The second-order valence-electron chi connectivity index (χ2n) is 5.04. The lowest BCUT2D eigenvalue weighted by molar-refractivity contribution is 0.0761. The Morgan fingerprint density at radius 2 is 2.05 bits per heavy atom. The van der Waals surface area contributed by atoms with Gasteiger partial charge in [-0.2, -0.15) is 0 Å². The Balaban J connectivity index is 2.04. The third-order valence-corrected chi connectivity index (χ3v) is 3.71. The van der Waals surface area contributed by atoms with Crippen LogP contribution in [-0.4, -0.2) is 55.0 Å².